The van der Waals surface area contributed by atoms with Crippen LogP contribution < -0.4 is 10.6 Å². The van der Waals surface area contributed by atoms with E-state index in [0.29, 0.717) is 0 Å². The van der Waals surface area contributed by atoms with Crippen LogP contribution in [0.5, 0.6) is 0 Å². The van der Waals surface area contributed by atoms with Gasteiger partial charge in [-0.2, -0.15) is 0 Å². The fraction of sp³-hybridized carbons (Fsp3) is 0.632. The molecule has 1 aromatic carbocycles. The molecule has 0 aliphatic carbocycles. The molecule has 0 spiro atoms. The topological polar surface area (TPSA) is 41.1 Å². The first-order valence-electron chi connectivity index (χ1n) is 8.39. The maximum atomic E-state index is 12.6. The highest BCUT2D eigenvalue weighted by Gasteiger charge is 2.38. The Labute approximate surface area is 145 Å². The van der Waals surface area contributed by atoms with Crippen LogP contribution in [-0.4, -0.2) is 28.3 Å². The second-order valence-corrected chi connectivity index (χ2v) is 9.49. The Balaban J connectivity index is 1.94. The number of hydrogen-bond donors (Lipinski definition) is 2. The molecule has 3 nitrogen and oxygen atoms in total. The van der Waals surface area contributed by atoms with Crippen LogP contribution in [0.3, 0.4) is 0 Å². The lowest BCUT2D eigenvalue weighted by Crippen LogP contribution is -2.62. The Morgan fingerprint density at radius 1 is 1.17 bits per heavy atom. The molecule has 0 saturated carbocycles. The molecule has 1 aliphatic heterocycles. The SMILES string of the molecule is Cc1ccc(SC(C)C(=O)NC2CC(C)(C)NC(C)(C)C2)cc1. The second-order valence-electron chi connectivity index (χ2n) is 8.08. The zero-order valence-electron chi connectivity index (χ0n) is 15.2. The number of rotatable bonds is 4. The average molecular weight is 335 g/mol. The molecule has 1 saturated heterocycles. The quantitative estimate of drug-likeness (QED) is 0.821. The summed E-state index contributed by atoms with van der Waals surface area (Å²) in [5.74, 6) is 0.133. The Kier molecular flexibility index (Phi) is 5.47. The van der Waals surface area contributed by atoms with Gasteiger partial charge in [0.1, 0.15) is 0 Å². The standard InChI is InChI=1S/C19H30N2OS/c1-13-7-9-16(10-8-13)23-14(2)17(22)20-15-11-18(3,4)21-19(5,6)12-15/h7-10,14-15,21H,11-12H2,1-6H3,(H,20,22). The number of amides is 1. The third-order valence-corrected chi connectivity index (χ3v) is 5.35. The van der Waals surface area contributed by atoms with Crippen LogP contribution in [0.1, 0.15) is 53.0 Å². The van der Waals surface area contributed by atoms with Gasteiger partial charge < -0.3 is 10.6 Å². The molecule has 2 N–H and O–H groups in total. The molecule has 1 atom stereocenters. The molecule has 23 heavy (non-hydrogen) atoms. The number of nitrogens with one attached hydrogen (secondary N) is 2. The molecule has 0 aromatic heterocycles. The molecular weight excluding hydrogens is 304 g/mol. The first kappa shape index (κ1) is 18.3. The smallest absolute Gasteiger partial charge is 0.233 e. The van der Waals surface area contributed by atoms with E-state index in [0.717, 1.165) is 17.7 Å². The van der Waals surface area contributed by atoms with Crippen molar-refractivity contribution >= 4 is 17.7 Å². The van der Waals surface area contributed by atoms with Gasteiger partial charge in [-0.05, 0) is 66.5 Å². The van der Waals surface area contributed by atoms with Crippen LogP contribution in [0.4, 0.5) is 0 Å². The van der Waals surface area contributed by atoms with Crippen LogP contribution in [0.2, 0.25) is 0 Å². The predicted molar refractivity (Wildman–Crippen MR) is 99.0 cm³/mol. The maximum absolute atomic E-state index is 12.6. The van der Waals surface area contributed by atoms with Crippen molar-refractivity contribution in [1.82, 2.24) is 10.6 Å². The van der Waals surface area contributed by atoms with Crippen LogP contribution in [0.15, 0.2) is 29.2 Å². The predicted octanol–water partition coefficient (Wildman–Crippen LogP) is 3.90. The molecule has 128 valence electrons. The molecule has 1 aliphatic rings. The lowest BCUT2D eigenvalue weighted by atomic mass is 9.79. The summed E-state index contributed by atoms with van der Waals surface area (Å²) < 4.78 is 0. The third-order valence-electron chi connectivity index (χ3n) is 4.24. The summed E-state index contributed by atoms with van der Waals surface area (Å²) in [5, 5.41) is 6.83. The molecule has 1 heterocycles. The first-order chi connectivity index (χ1) is 10.6. The fourth-order valence-electron chi connectivity index (χ4n) is 3.62. The van der Waals surface area contributed by atoms with Gasteiger partial charge in [0, 0.05) is 22.0 Å². The van der Waals surface area contributed by atoms with Crippen molar-refractivity contribution in [3.63, 3.8) is 0 Å². The molecule has 0 bridgehead atoms. The lowest BCUT2D eigenvalue weighted by Gasteiger charge is -2.46. The van der Waals surface area contributed by atoms with E-state index in [2.05, 4.69) is 69.5 Å². The van der Waals surface area contributed by atoms with Crippen molar-refractivity contribution in [2.75, 3.05) is 0 Å². The first-order valence-corrected chi connectivity index (χ1v) is 9.27. The van der Waals surface area contributed by atoms with E-state index in [-0.39, 0.29) is 28.3 Å². The highest BCUT2D eigenvalue weighted by molar-refractivity contribution is 8.00. The van der Waals surface area contributed by atoms with Gasteiger partial charge in [-0.15, -0.1) is 11.8 Å². The number of piperidine rings is 1. The Bertz CT molecular complexity index is 535. The fourth-order valence-corrected chi connectivity index (χ4v) is 4.49. The minimum absolute atomic E-state index is 0.0486. The Morgan fingerprint density at radius 2 is 1.70 bits per heavy atom. The van der Waals surface area contributed by atoms with Crippen LogP contribution in [-0.2, 0) is 4.79 Å². The summed E-state index contributed by atoms with van der Waals surface area (Å²) in [6.45, 7) is 12.9. The summed E-state index contributed by atoms with van der Waals surface area (Å²) in [5.41, 5.74) is 1.34. The van der Waals surface area contributed by atoms with Crippen molar-refractivity contribution < 1.29 is 4.79 Å². The summed E-state index contributed by atoms with van der Waals surface area (Å²) >= 11 is 1.62. The van der Waals surface area contributed by atoms with Crippen molar-refractivity contribution in [3.05, 3.63) is 29.8 Å². The summed E-state index contributed by atoms with van der Waals surface area (Å²) in [6.07, 6.45) is 1.92. The van der Waals surface area contributed by atoms with E-state index in [1.807, 2.05) is 6.92 Å². The maximum Gasteiger partial charge on any atom is 0.233 e. The molecule has 1 aromatic rings. The highest BCUT2D eigenvalue weighted by Crippen LogP contribution is 2.29. The van der Waals surface area contributed by atoms with E-state index in [9.17, 15) is 4.79 Å². The zero-order valence-corrected chi connectivity index (χ0v) is 16.0. The molecule has 1 unspecified atom stereocenters. The number of aryl methyl sites for hydroxylation is 1. The van der Waals surface area contributed by atoms with E-state index >= 15 is 0 Å². The normalized spacial score (nSPS) is 21.7. The minimum Gasteiger partial charge on any atom is -0.352 e. The highest BCUT2D eigenvalue weighted by atomic mass is 32.2. The van der Waals surface area contributed by atoms with E-state index < -0.39 is 0 Å². The zero-order chi connectivity index (χ0) is 17.3. The molecule has 1 fully saturated rings. The van der Waals surface area contributed by atoms with E-state index in [1.54, 1.807) is 11.8 Å². The largest absolute Gasteiger partial charge is 0.352 e. The van der Waals surface area contributed by atoms with Crippen LogP contribution >= 0.6 is 11.8 Å². The van der Waals surface area contributed by atoms with E-state index in [1.165, 1.54) is 5.56 Å². The van der Waals surface area contributed by atoms with Gasteiger partial charge in [0.15, 0.2) is 0 Å². The molecule has 4 heteroatoms. The monoisotopic (exact) mass is 334 g/mol. The van der Waals surface area contributed by atoms with Crippen LogP contribution in [0.25, 0.3) is 0 Å². The molecular formula is C19H30N2OS. The number of thioether (sulfide) groups is 1. The van der Waals surface area contributed by atoms with Crippen molar-refractivity contribution in [1.29, 1.82) is 0 Å². The molecule has 2 rings (SSSR count). The second kappa shape index (κ2) is 6.86. The number of hydrogen-bond acceptors (Lipinski definition) is 3. The van der Waals surface area contributed by atoms with Gasteiger partial charge in [0.05, 0.1) is 5.25 Å². The van der Waals surface area contributed by atoms with Crippen molar-refractivity contribution in [2.24, 2.45) is 0 Å². The van der Waals surface area contributed by atoms with Gasteiger partial charge in [0.25, 0.3) is 0 Å². The summed E-state index contributed by atoms with van der Waals surface area (Å²) in [4.78, 5) is 13.7. The van der Waals surface area contributed by atoms with Crippen molar-refractivity contribution in [2.45, 2.75) is 81.6 Å². The van der Waals surface area contributed by atoms with Gasteiger partial charge >= 0.3 is 0 Å². The van der Waals surface area contributed by atoms with Gasteiger partial charge in [-0.3, -0.25) is 4.79 Å². The molecule has 1 amide bonds. The average Bonchev–Trinajstić information content (AvgIpc) is 2.37. The number of benzene rings is 1. The minimum atomic E-state index is -0.0844. The number of carbonyl (C=O) groups excluding carboxylic acids is 1. The Morgan fingerprint density at radius 3 is 2.22 bits per heavy atom. The summed E-state index contributed by atoms with van der Waals surface area (Å²) in [6, 6.07) is 8.58. The molecule has 0 radical (unpaired) electrons. The summed E-state index contributed by atoms with van der Waals surface area (Å²) in [7, 11) is 0. The Hall–Kier alpha value is -1.00. The number of carbonyl (C=O) groups is 1. The van der Waals surface area contributed by atoms with E-state index in [4.69, 9.17) is 0 Å². The van der Waals surface area contributed by atoms with Crippen LogP contribution in [0, 0.1) is 6.92 Å². The van der Waals surface area contributed by atoms with Gasteiger partial charge in [0.2, 0.25) is 5.91 Å². The third kappa shape index (κ3) is 5.54. The van der Waals surface area contributed by atoms with Gasteiger partial charge in [-0.1, -0.05) is 17.7 Å². The van der Waals surface area contributed by atoms with Crippen molar-refractivity contribution in [3.8, 4) is 0 Å². The van der Waals surface area contributed by atoms with Gasteiger partial charge in [-0.25, -0.2) is 0 Å². The lowest BCUT2D eigenvalue weighted by molar-refractivity contribution is -0.121.